The first kappa shape index (κ1) is 20.3. The number of aliphatic carboxylic acids is 1. The van der Waals surface area contributed by atoms with Gasteiger partial charge in [-0.25, -0.2) is 0 Å². The molecule has 0 bridgehead atoms. The molecule has 4 aromatic carbocycles. The van der Waals surface area contributed by atoms with Crippen LogP contribution in [-0.4, -0.2) is 16.9 Å². The van der Waals surface area contributed by atoms with E-state index in [1.165, 1.54) is 0 Å². The van der Waals surface area contributed by atoms with Gasteiger partial charge in [0.15, 0.2) is 11.7 Å². The van der Waals surface area contributed by atoms with Crippen LogP contribution in [0.1, 0.15) is 15.9 Å². The molecule has 0 amide bonds. The van der Waals surface area contributed by atoms with Crippen molar-refractivity contribution < 1.29 is 14.7 Å². The van der Waals surface area contributed by atoms with Crippen LogP contribution >= 0.6 is 0 Å². The molecule has 1 radical (unpaired) electrons. The third-order valence-electron chi connectivity index (χ3n) is 5.23. The molecule has 0 saturated carbocycles. The SMILES string of the molecule is O=C(O)[C](Cc1ccc(-c2ccccc2)cc1)C(=O)c1ccc(-c2ccccc2)cc1. The van der Waals surface area contributed by atoms with Gasteiger partial charge in [-0.15, -0.1) is 0 Å². The van der Waals surface area contributed by atoms with Crippen molar-refractivity contribution in [2.75, 3.05) is 0 Å². The Morgan fingerprint density at radius 2 is 0.968 bits per heavy atom. The molecule has 151 valence electrons. The van der Waals surface area contributed by atoms with Crippen LogP contribution in [0.15, 0.2) is 109 Å². The molecule has 0 aliphatic heterocycles. The Balaban J connectivity index is 1.51. The average Bonchev–Trinajstić information content (AvgIpc) is 2.83. The van der Waals surface area contributed by atoms with Crippen molar-refractivity contribution in [2.24, 2.45) is 0 Å². The molecule has 0 unspecified atom stereocenters. The van der Waals surface area contributed by atoms with E-state index in [1.807, 2.05) is 97.1 Å². The van der Waals surface area contributed by atoms with Crippen LogP contribution in [0.3, 0.4) is 0 Å². The third-order valence-corrected chi connectivity index (χ3v) is 5.23. The molecule has 31 heavy (non-hydrogen) atoms. The number of carboxylic acids is 1. The van der Waals surface area contributed by atoms with Crippen LogP contribution in [0.4, 0.5) is 0 Å². The molecule has 0 heterocycles. The molecule has 1 N–H and O–H groups in total. The lowest BCUT2D eigenvalue weighted by Gasteiger charge is -2.12. The topological polar surface area (TPSA) is 54.4 Å². The predicted octanol–water partition coefficient (Wildman–Crippen LogP) is 6.11. The fourth-order valence-corrected chi connectivity index (χ4v) is 3.52. The summed E-state index contributed by atoms with van der Waals surface area (Å²) in [4.78, 5) is 24.7. The average molecular weight is 405 g/mol. The Kier molecular flexibility index (Phi) is 6.04. The second kappa shape index (κ2) is 9.23. The van der Waals surface area contributed by atoms with Crippen molar-refractivity contribution in [3.05, 3.63) is 126 Å². The van der Waals surface area contributed by atoms with Crippen molar-refractivity contribution in [3.8, 4) is 22.3 Å². The minimum absolute atomic E-state index is 0.0731. The number of carbonyl (C=O) groups excluding carboxylic acids is 1. The third kappa shape index (κ3) is 4.78. The van der Waals surface area contributed by atoms with Gasteiger partial charge >= 0.3 is 5.97 Å². The fraction of sp³-hybridized carbons (Fsp3) is 0.0357. The molecule has 4 rings (SSSR count). The van der Waals surface area contributed by atoms with Gasteiger partial charge in [-0.3, -0.25) is 9.59 Å². The standard InChI is InChI=1S/C28H21O3/c29-27(25-17-15-24(16-18-25)22-9-5-2-6-10-22)26(28(30)31)19-20-11-13-23(14-12-20)21-7-3-1-4-8-21/h1-18H,19H2,(H,30,31). The molecule has 4 aromatic rings. The normalized spacial score (nSPS) is 10.7. The molecule has 0 aliphatic carbocycles. The first-order valence-electron chi connectivity index (χ1n) is 10.1. The zero-order valence-electron chi connectivity index (χ0n) is 16.9. The van der Waals surface area contributed by atoms with Gasteiger partial charge in [0.25, 0.3) is 0 Å². The zero-order chi connectivity index (χ0) is 21.6. The lowest BCUT2D eigenvalue weighted by molar-refractivity contribution is -0.134. The van der Waals surface area contributed by atoms with Crippen molar-refractivity contribution in [1.82, 2.24) is 0 Å². The highest BCUT2D eigenvalue weighted by Crippen LogP contribution is 2.24. The van der Waals surface area contributed by atoms with E-state index >= 15 is 0 Å². The van der Waals surface area contributed by atoms with Gasteiger partial charge in [0.2, 0.25) is 0 Å². The molecular weight excluding hydrogens is 384 g/mol. The first-order valence-corrected chi connectivity index (χ1v) is 10.1. The van der Waals surface area contributed by atoms with Gasteiger partial charge in [-0.1, -0.05) is 109 Å². The Hall–Kier alpha value is -3.98. The van der Waals surface area contributed by atoms with Crippen LogP contribution in [-0.2, 0) is 11.2 Å². The zero-order valence-corrected chi connectivity index (χ0v) is 16.9. The quantitative estimate of drug-likeness (QED) is 0.298. The summed E-state index contributed by atoms with van der Waals surface area (Å²) in [7, 11) is 0. The number of carbonyl (C=O) groups is 2. The first-order chi connectivity index (χ1) is 15.1. The molecule has 0 aromatic heterocycles. The number of ketones is 1. The fourth-order valence-electron chi connectivity index (χ4n) is 3.52. The van der Waals surface area contributed by atoms with E-state index in [0.717, 1.165) is 27.8 Å². The number of benzene rings is 4. The highest BCUT2D eigenvalue weighted by atomic mass is 16.4. The number of rotatable bonds is 7. The molecule has 0 fully saturated rings. The summed E-state index contributed by atoms with van der Waals surface area (Å²) in [5.41, 5.74) is 5.31. The highest BCUT2D eigenvalue weighted by molar-refractivity contribution is 6.20. The van der Waals surface area contributed by atoms with Crippen LogP contribution in [0.25, 0.3) is 22.3 Å². The van der Waals surface area contributed by atoms with Crippen LogP contribution < -0.4 is 0 Å². The lowest BCUT2D eigenvalue weighted by Crippen LogP contribution is -2.24. The van der Waals surface area contributed by atoms with E-state index < -0.39 is 11.8 Å². The Morgan fingerprint density at radius 3 is 1.42 bits per heavy atom. The highest BCUT2D eigenvalue weighted by Gasteiger charge is 2.28. The van der Waals surface area contributed by atoms with Crippen molar-refractivity contribution in [3.63, 3.8) is 0 Å². The van der Waals surface area contributed by atoms with E-state index in [1.54, 1.807) is 12.1 Å². The summed E-state index contributed by atoms with van der Waals surface area (Å²) >= 11 is 0. The van der Waals surface area contributed by atoms with Crippen molar-refractivity contribution in [2.45, 2.75) is 6.42 Å². The second-order valence-corrected chi connectivity index (χ2v) is 7.30. The minimum Gasteiger partial charge on any atom is -0.480 e. The number of hydrogen-bond acceptors (Lipinski definition) is 2. The molecule has 3 heteroatoms. The van der Waals surface area contributed by atoms with Crippen LogP contribution in [0.5, 0.6) is 0 Å². The maximum absolute atomic E-state index is 12.9. The van der Waals surface area contributed by atoms with Gasteiger partial charge in [0.05, 0.1) is 0 Å². The smallest absolute Gasteiger partial charge is 0.319 e. The summed E-state index contributed by atoms with van der Waals surface area (Å²) in [6.45, 7) is 0. The van der Waals surface area contributed by atoms with E-state index in [9.17, 15) is 14.7 Å². The lowest BCUT2D eigenvalue weighted by atomic mass is 9.90. The van der Waals surface area contributed by atoms with Crippen LogP contribution in [0.2, 0.25) is 0 Å². The molecule has 0 spiro atoms. The Bertz CT molecular complexity index is 1160. The van der Waals surface area contributed by atoms with E-state index in [-0.39, 0.29) is 12.3 Å². The summed E-state index contributed by atoms with van der Waals surface area (Å²) in [6, 6.07) is 34.5. The van der Waals surface area contributed by atoms with E-state index in [0.29, 0.717) is 5.56 Å². The van der Waals surface area contributed by atoms with Crippen LogP contribution in [0, 0.1) is 5.92 Å². The summed E-state index contributed by atoms with van der Waals surface area (Å²) in [6.07, 6.45) is 0.0731. The van der Waals surface area contributed by atoms with Gasteiger partial charge < -0.3 is 5.11 Å². The van der Waals surface area contributed by atoms with Gasteiger partial charge in [0, 0.05) is 5.56 Å². The molecule has 0 saturated heterocycles. The Labute approximate surface area is 181 Å². The number of carboxylic acid groups (broad SMARTS) is 1. The summed E-state index contributed by atoms with van der Waals surface area (Å²) < 4.78 is 0. The molecule has 3 nitrogen and oxygen atoms in total. The Morgan fingerprint density at radius 1 is 0.548 bits per heavy atom. The molecule has 0 aliphatic rings. The van der Waals surface area contributed by atoms with Gasteiger partial charge in [-0.2, -0.15) is 0 Å². The predicted molar refractivity (Wildman–Crippen MR) is 123 cm³/mol. The minimum atomic E-state index is -1.19. The van der Waals surface area contributed by atoms with E-state index in [4.69, 9.17) is 0 Å². The molecule has 0 atom stereocenters. The number of Topliss-reactive ketones (excluding diaryl/α,β-unsaturated/α-hetero) is 1. The summed E-state index contributed by atoms with van der Waals surface area (Å²) in [5, 5.41) is 9.67. The van der Waals surface area contributed by atoms with Crippen molar-refractivity contribution in [1.29, 1.82) is 0 Å². The second-order valence-electron chi connectivity index (χ2n) is 7.30. The monoisotopic (exact) mass is 405 g/mol. The summed E-state index contributed by atoms with van der Waals surface area (Å²) in [5.74, 6) is -1.79. The largest absolute Gasteiger partial charge is 0.480 e. The van der Waals surface area contributed by atoms with Gasteiger partial charge in [-0.05, 0) is 34.2 Å². The van der Waals surface area contributed by atoms with Crippen molar-refractivity contribution >= 4 is 11.8 Å². The van der Waals surface area contributed by atoms with Gasteiger partial charge in [0.1, 0.15) is 0 Å². The number of hydrogen-bond donors (Lipinski definition) is 1. The van der Waals surface area contributed by atoms with E-state index in [2.05, 4.69) is 0 Å². The maximum Gasteiger partial charge on any atom is 0.319 e. The molecular formula is C28H21O3. The maximum atomic E-state index is 12.9.